The first-order valence-corrected chi connectivity index (χ1v) is 14.9. The van der Waals surface area contributed by atoms with E-state index < -0.39 is 25.5 Å². The van der Waals surface area contributed by atoms with E-state index >= 15 is 0 Å². The maximum absolute atomic E-state index is 14.0. The van der Waals surface area contributed by atoms with Crippen LogP contribution in [0.5, 0.6) is 0 Å². The Kier molecular flexibility index (Phi) is 4.91. The molecule has 1 aromatic heterocycles. The minimum Gasteiger partial charge on any atom is -0.237 e. The Morgan fingerprint density at radius 3 is 1.89 bits per heavy atom. The second-order valence-electron chi connectivity index (χ2n) is 10.6. The molecule has 1 saturated heterocycles. The molecule has 36 heavy (non-hydrogen) atoms. The summed E-state index contributed by atoms with van der Waals surface area (Å²) in [6.45, 7) is 6.51. The van der Waals surface area contributed by atoms with E-state index in [-0.39, 0.29) is 21.8 Å². The Morgan fingerprint density at radius 2 is 1.28 bits per heavy atom. The molecule has 8 heteroatoms. The maximum atomic E-state index is 14.0. The van der Waals surface area contributed by atoms with Crippen molar-refractivity contribution in [1.29, 1.82) is 0 Å². The standard InChI is InChI=1S/C28H28N2O4S2/c1-20-8-12-23(13-9-20)35(31,32)29-18-27(3)17-28(27,19-29)26-16-22-6-4-5-7-25(22)30(26)36(33,34)24-14-10-21(2)11-15-24/h4-16H,17-19H2,1-3H3. The van der Waals surface area contributed by atoms with Crippen LogP contribution in [-0.4, -0.2) is 38.2 Å². The van der Waals surface area contributed by atoms with Crippen LogP contribution < -0.4 is 0 Å². The molecule has 2 fully saturated rings. The lowest BCUT2D eigenvalue weighted by atomic mass is 9.94. The van der Waals surface area contributed by atoms with Crippen molar-refractivity contribution in [3.63, 3.8) is 0 Å². The molecule has 0 amide bonds. The normalized spacial score (nSPS) is 24.2. The summed E-state index contributed by atoms with van der Waals surface area (Å²) >= 11 is 0. The fraction of sp³-hybridized carbons (Fsp3) is 0.286. The number of hydrogen-bond donors (Lipinski definition) is 0. The Hall–Kier alpha value is -2.94. The molecule has 2 atom stereocenters. The lowest BCUT2D eigenvalue weighted by Crippen LogP contribution is -2.34. The highest BCUT2D eigenvalue weighted by Crippen LogP contribution is 2.69. The fourth-order valence-electron chi connectivity index (χ4n) is 5.87. The zero-order chi connectivity index (χ0) is 25.5. The van der Waals surface area contributed by atoms with Gasteiger partial charge in [-0.15, -0.1) is 0 Å². The van der Waals surface area contributed by atoms with Crippen molar-refractivity contribution in [1.82, 2.24) is 8.28 Å². The van der Waals surface area contributed by atoms with Crippen LogP contribution in [0, 0.1) is 19.3 Å². The molecule has 1 aliphatic carbocycles. The van der Waals surface area contributed by atoms with Crippen LogP contribution in [0.2, 0.25) is 0 Å². The van der Waals surface area contributed by atoms with Gasteiger partial charge in [-0.1, -0.05) is 60.5 Å². The summed E-state index contributed by atoms with van der Waals surface area (Å²) in [5.74, 6) is 0. The lowest BCUT2D eigenvalue weighted by Gasteiger charge is -2.22. The number of benzene rings is 3. The van der Waals surface area contributed by atoms with Crippen molar-refractivity contribution in [2.45, 2.75) is 42.4 Å². The SMILES string of the molecule is Cc1ccc(S(=O)(=O)N2CC3(C)CC3(c3cc4ccccc4n3S(=O)(=O)c3ccc(C)cc3)C2)cc1. The van der Waals surface area contributed by atoms with E-state index in [0.29, 0.717) is 17.8 Å². The third-order valence-electron chi connectivity index (χ3n) is 8.07. The van der Waals surface area contributed by atoms with Crippen LogP contribution in [0.3, 0.4) is 0 Å². The van der Waals surface area contributed by atoms with Crippen molar-refractivity contribution in [3.8, 4) is 0 Å². The van der Waals surface area contributed by atoms with Gasteiger partial charge in [-0.05, 0) is 62.1 Å². The zero-order valence-electron chi connectivity index (χ0n) is 20.5. The van der Waals surface area contributed by atoms with Gasteiger partial charge < -0.3 is 0 Å². The van der Waals surface area contributed by atoms with Crippen LogP contribution in [0.15, 0.2) is 88.7 Å². The lowest BCUT2D eigenvalue weighted by molar-refractivity contribution is 0.412. The molecule has 3 aromatic carbocycles. The molecule has 6 rings (SSSR count). The molecule has 1 aliphatic heterocycles. The number of para-hydroxylation sites is 1. The van der Waals surface area contributed by atoms with Crippen LogP contribution in [0.4, 0.5) is 0 Å². The Morgan fingerprint density at radius 1 is 0.722 bits per heavy atom. The van der Waals surface area contributed by atoms with Crippen molar-refractivity contribution in [2.24, 2.45) is 5.41 Å². The highest BCUT2D eigenvalue weighted by Gasteiger charge is 2.72. The van der Waals surface area contributed by atoms with E-state index in [1.807, 2.05) is 44.2 Å². The molecule has 6 nitrogen and oxygen atoms in total. The molecule has 0 spiro atoms. The third-order valence-corrected chi connectivity index (χ3v) is 11.6. The summed E-state index contributed by atoms with van der Waals surface area (Å²) in [7, 11) is -7.61. The minimum atomic E-state index is -3.91. The summed E-state index contributed by atoms with van der Waals surface area (Å²) < 4.78 is 58.1. The maximum Gasteiger partial charge on any atom is 0.268 e. The summed E-state index contributed by atoms with van der Waals surface area (Å²) in [6.07, 6.45) is 0.736. The topological polar surface area (TPSA) is 76.5 Å². The van der Waals surface area contributed by atoms with E-state index in [0.717, 1.165) is 22.9 Å². The molecular weight excluding hydrogens is 492 g/mol. The average molecular weight is 521 g/mol. The van der Waals surface area contributed by atoms with Gasteiger partial charge in [0.1, 0.15) is 0 Å². The average Bonchev–Trinajstić information content (AvgIpc) is 3.13. The molecule has 0 N–H and O–H groups in total. The first-order valence-electron chi connectivity index (χ1n) is 12.0. The van der Waals surface area contributed by atoms with Gasteiger partial charge >= 0.3 is 0 Å². The summed E-state index contributed by atoms with van der Waals surface area (Å²) in [5.41, 5.74) is 2.31. The highest BCUT2D eigenvalue weighted by molar-refractivity contribution is 7.90. The Labute approximate surface area is 212 Å². The van der Waals surface area contributed by atoms with Crippen molar-refractivity contribution < 1.29 is 16.8 Å². The largest absolute Gasteiger partial charge is 0.268 e. The molecule has 2 unspecified atom stereocenters. The van der Waals surface area contributed by atoms with E-state index in [4.69, 9.17) is 0 Å². The van der Waals surface area contributed by atoms with Gasteiger partial charge in [0.05, 0.1) is 15.3 Å². The van der Waals surface area contributed by atoms with E-state index in [9.17, 15) is 16.8 Å². The monoisotopic (exact) mass is 520 g/mol. The summed E-state index contributed by atoms with van der Waals surface area (Å²) in [5, 5.41) is 0.826. The number of piperidine rings is 1. The predicted octanol–water partition coefficient (Wildman–Crippen LogP) is 4.85. The molecule has 1 saturated carbocycles. The van der Waals surface area contributed by atoms with Crippen LogP contribution >= 0.6 is 0 Å². The second-order valence-corrected chi connectivity index (χ2v) is 14.3. The van der Waals surface area contributed by atoms with Gasteiger partial charge in [-0.25, -0.2) is 20.8 Å². The number of aromatic nitrogens is 1. The van der Waals surface area contributed by atoms with Crippen LogP contribution in [0.1, 0.15) is 30.2 Å². The molecule has 0 radical (unpaired) electrons. The van der Waals surface area contributed by atoms with Crippen LogP contribution in [-0.2, 0) is 25.5 Å². The number of nitrogens with zero attached hydrogens (tertiary/aromatic N) is 2. The molecule has 2 heterocycles. The number of sulfonamides is 1. The first-order chi connectivity index (χ1) is 17.0. The number of aryl methyl sites for hydroxylation is 2. The quantitative estimate of drug-likeness (QED) is 0.377. The number of fused-ring (bicyclic) bond motifs is 2. The molecular formula is C28H28N2O4S2. The van der Waals surface area contributed by atoms with Gasteiger partial charge in [0.15, 0.2) is 0 Å². The van der Waals surface area contributed by atoms with E-state index in [2.05, 4.69) is 6.92 Å². The van der Waals surface area contributed by atoms with E-state index in [1.165, 1.54) is 8.28 Å². The highest BCUT2D eigenvalue weighted by atomic mass is 32.2. The van der Waals surface area contributed by atoms with Gasteiger partial charge in [-0.2, -0.15) is 4.31 Å². The Bertz CT molecular complexity index is 1720. The summed E-state index contributed by atoms with van der Waals surface area (Å²) in [4.78, 5) is 0.484. The predicted molar refractivity (Wildman–Crippen MR) is 140 cm³/mol. The molecule has 2 aliphatic rings. The number of rotatable bonds is 5. The second kappa shape index (κ2) is 7.54. The van der Waals surface area contributed by atoms with Gasteiger partial charge in [0.2, 0.25) is 10.0 Å². The van der Waals surface area contributed by atoms with E-state index in [1.54, 1.807) is 48.5 Å². The molecule has 186 valence electrons. The van der Waals surface area contributed by atoms with Gasteiger partial charge in [0.25, 0.3) is 10.0 Å². The smallest absolute Gasteiger partial charge is 0.237 e. The Balaban J connectivity index is 1.49. The number of hydrogen-bond acceptors (Lipinski definition) is 4. The molecule has 4 aromatic rings. The minimum absolute atomic E-state index is 0.219. The fourth-order valence-corrected chi connectivity index (χ4v) is 9.10. The first kappa shape index (κ1) is 23.5. The van der Waals surface area contributed by atoms with Crippen LogP contribution in [0.25, 0.3) is 10.9 Å². The van der Waals surface area contributed by atoms with Crippen molar-refractivity contribution in [2.75, 3.05) is 13.1 Å². The van der Waals surface area contributed by atoms with Gasteiger partial charge in [-0.3, -0.25) is 0 Å². The summed E-state index contributed by atoms with van der Waals surface area (Å²) in [6, 6.07) is 23.1. The molecule has 0 bridgehead atoms. The van der Waals surface area contributed by atoms with Gasteiger partial charge in [0, 0.05) is 29.6 Å². The zero-order valence-corrected chi connectivity index (χ0v) is 22.1. The van der Waals surface area contributed by atoms with Crippen molar-refractivity contribution >= 4 is 30.9 Å². The van der Waals surface area contributed by atoms with Crippen molar-refractivity contribution in [3.05, 3.63) is 95.7 Å². The third kappa shape index (κ3) is 3.24.